The van der Waals surface area contributed by atoms with Gasteiger partial charge in [0.25, 0.3) is 0 Å². The lowest BCUT2D eigenvalue weighted by Gasteiger charge is -2.38. The van der Waals surface area contributed by atoms with Gasteiger partial charge in [-0.3, -0.25) is 0 Å². The number of carbonyl (C=O) groups is 1. The van der Waals surface area contributed by atoms with Gasteiger partial charge < -0.3 is 4.74 Å². The predicted molar refractivity (Wildman–Crippen MR) is 92.4 cm³/mol. The zero-order chi connectivity index (χ0) is 18.2. The van der Waals surface area contributed by atoms with Gasteiger partial charge in [-0.2, -0.15) is 0 Å². The lowest BCUT2D eigenvalue weighted by molar-refractivity contribution is -0.152. The number of hydrogen-bond donors (Lipinski definition) is 0. The summed E-state index contributed by atoms with van der Waals surface area (Å²) in [6.45, 7) is 5.34. The molecule has 0 aromatic rings. The fourth-order valence-electron chi connectivity index (χ4n) is 4.07. The molecular formula is C19H26N2O4. The maximum Gasteiger partial charge on any atom is 0.333 e. The van der Waals surface area contributed by atoms with Crippen LogP contribution in [0.1, 0.15) is 58.3 Å². The van der Waals surface area contributed by atoms with Crippen molar-refractivity contribution >= 4 is 18.1 Å². The molecule has 0 aliphatic heterocycles. The summed E-state index contributed by atoms with van der Waals surface area (Å²) in [6, 6.07) is 0.0906. The first-order valence-corrected chi connectivity index (χ1v) is 9.05. The van der Waals surface area contributed by atoms with Crippen LogP contribution in [0.4, 0.5) is 0 Å². The smallest absolute Gasteiger partial charge is 0.333 e. The Bertz CT molecular complexity index is 536. The maximum atomic E-state index is 12.1. The normalized spacial score (nSPS) is 30.3. The van der Waals surface area contributed by atoms with Crippen LogP contribution in [0.25, 0.3) is 0 Å². The largest absolute Gasteiger partial charge is 0.458 e. The van der Waals surface area contributed by atoms with Crippen molar-refractivity contribution in [2.45, 2.75) is 76.5 Å². The second kappa shape index (κ2) is 9.45. The summed E-state index contributed by atoms with van der Waals surface area (Å²) in [7, 11) is 0. The number of esters is 1. The molecule has 2 rings (SSSR count). The molecule has 136 valence electrons. The van der Waals surface area contributed by atoms with Gasteiger partial charge in [0.15, 0.2) is 0 Å². The fraction of sp³-hybridized carbons (Fsp3) is 0.737. The Morgan fingerprint density at radius 1 is 0.920 bits per heavy atom. The highest BCUT2D eigenvalue weighted by atomic mass is 16.5. The van der Waals surface area contributed by atoms with Crippen LogP contribution in [0.2, 0.25) is 0 Å². The summed E-state index contributed by atoms with van der Waals surface area (Å²) in [5.74, 6) is 0.209. The molecule has 6 nitrogen and oxygen atoms in total. The molecule has 0 heterocycles. The van der Waals surface area contributed by atoms with E-state index in [9.17, 15) is 14.4 Å². The van der Waals surface area contributed by atoms with E-state index in [1.54, 1.807) is 19.1 Å². The second-order valence-electron chi connectivity index (χ2n) is 7.23. The topological polar surface area (TPSA) is 85.2 Å². The molecule has 25 heavy (non-hydrogen) atoms. The van der Waals surface area contributed by atoms with Crippen molar-refractivity contribution in [1.29, 1.82) is 0 Å². The van der Waals surface area contributed by atoms with Crippen LogP contribution in [0.15, 0.2) is 22.1 Å². The number of hydrogen-bond acceptors (Lipinski definition) is 6. The van der Waals surface area contributed by atoms with Gasteiger partial charge in [0.1, 0.15) is 6.10 Å². The van der Waals surface area contributed by atoms with Crippen LogP contribution in [-0.2, 0) is 19.1 Å². The SMILES string of the molecule is C=C(C)C(=O)OC(C1CCC(N=C=O)CC1)C1CCC(N=C=O)CC1. The van der Waals surface area contributed by atoms with E-state index < -0.39 is 0 Å². The van der Waals surface area contributed by atoms with E-state index in [0.717, 1.165) is 51.4 Å². The Labute approximate surface area is 148 Å². The Morgan fingerprint density at radius 2 is 1.32 bits per heavy atom. The molecule has 2 aliphatic rings. The molecule has 0 amide bonds. The standard InChI is InChI=1S/C19H26N2O4/c1-13(2)19(24)25-18(14-3-7-16(8-4-14)20-11-22)15-5-9-17(10-6-15)21-12-23/h14-18H,1,3-10H2,2H3. The average Bonchev–Trinajstić information content (AvgIpc) is 2.61. The lowest BCUT2D eigenvalue weighted by Crippen LogP contribution is -2.39. The molecule has 0 aromatic carbocycles. The Hall–Kier alpha value is -2.03. The molecule has 2 fully saturated rings. The summed E-state index contributed by atoms with van der Waals surface area (Å²) in [4.78, 5) is 40.6. The number of ether oxygens (including phenoxy) is 1. The molecule has 0 aromatic heterocycles. The van der Waals surface area contributed by atoms with Gasteiger partial charge in [-0.05, 0) is 70.1 Å². The summed E-state index contributed by atoms with van der Waals surface area (Å²) in [5.41, 5.74) is 0.406. The predicted octanol–water partition coefficient (Wildman–Crippen LogP) is 3.26. The third kappa shape index (κ3) is 5.48. The molecule has 0 spiro atoms. The van der Waals surface area contributed by atoms with Gasteiger partial charge in [0.2, 0.25) is 12.2 Å². The van der Waals surface area contributed by atoms with E-state index in [4.69, 9.17) is 4.74 Å². The molecule has 0 N–H and O–H groups in total. The number of aliphatic imine (C=N–C) groups is 2. The molecule has 6 heteroatoms. The van der Waals surface area contributed by atoms with Gasteiger partial charge in [-0.25, -0.2) is 24.4 Å². The Morgan fingerprint density at radius 3 is 1.64 bits per heavy atom. The van der Waals surface area contributed by atoms with E-state index in [1.165, 1.54) is 0 Å². The van der Waals surface area contributed by atoms with E-state index in [-0.39, 0.29) is 36.0 Å². The Balaban J connectivity index is 2.03. The summed E-state index contributed by atoms with van der Waals surface area (Å²) in [5, 5.41) is 0. The third-order valence-corrected chi connectivity index (χ3v) is 5.47. The summed E-state index contributed by atoms with van der Waals surface area (Å²) in [6.07, 6.45) is 9.99. The molecule has 0 bridgehead atoms. The van der Waals surface area contributed by atoms with E-state index >= 15 is 0 Å². The second-order valence-corrected chi connectivity index (χ2v) is 7.23. The Kier molecular flexibility index (Phi) is 7.30. The van der Waals surface area contributed by atoms with E-state index in [1.807, 2.05) is 0 Å². The minimum absolute atomic E-state index is 0.0453. The highest BCUT2D eigenvalue weighted by Crippen LogP contribution is 2.38. The monoisotopic (exact) mass is 346 g/mol. The molecular weight excluding hydrogens is 320 g/mol. The van der Waals surface area contributed by atoms with E-state index in [2.05, 4.69) is 16.6 Å². The van der Waals surface area contributed by atoms with Crippen molar-refractivity contribution in [3.63, 3.8) is 0 Å². The summed E-state index contributed by atoms with van der Waals surface area (Å²) < 4.78 is 5.83. The third-order valence-electron chi connectivity index (χ3n) is 5.47. The number of isocyanates is 2. The quantitative estimate of drug-likeness (QED) is 0.320. The first-order valence-electron chi connectivity index (χ1n) is 9.05. The van der Waals surface area contributed by atoms with Crippen LogP contribution in [-0.4, -0.2) is 36.3 Å². The van der Waals surface area contributed by atoms with Gasteiger partial charge in [0, 0.05) is 5.57 Å². The van der Waals surface area contributed by atoms with Crippen LogP contribution < -0.4 is 0 Å². The number of carbonyl (C=O) groups excluding carboxylic acids is 3. The van der Waals surface area contributed by atoms with Crippen molar-refractivity contribution in [3.05, 3.63) is 12.2 Å². The fourth-order valence-corrected chi connectivity index (χ4v) is 4.07. The van der Waals surface area contributed by atoms with E-state index in [0.29, 0.717) is 5.57 Å². The highest BCUT2D eigenvalue weighted by Gasteiger charge is 2.37. The molecule has 2 saturated carbocycles. The minimum atomic E-state index is -0.342. The molecule has 0 unspecified atom stereocenters. The van der Waals surface area contributed by atoms with Crippen molar-refractivity contribution in [1.82, 2.24) is 0 Å². The zero-order valence-corrected chi connectivity index (χ0v) is 14.8. The van der Waals surface area contributed by atoms with Gasteiger partial charge in [-0.15, -0.1) is 0 Å². The average molecular weight is 346 g/mol. The molecule has 2 aliphatic carbocycles. The van der Waals surface area contributed by atoms with Crippen LogP contribution in [0, 0.1) is 11.8 Å². The van der Waals surface area contributed by atoms with Gasteiger partial charge in [-0.1, -0.05) is 6.58 Å². The molecule has 0 atom stereocenters. The molecule has 0 radical (unpaired) electrons. The number of rotatable bonds is 6. The molecule has 0 saturated heterocycles. The summed E-state index contributed by atoms with van der Waals surface area (Å²) >= 11 is 0. The maximum absolute atomic E-state index is 12.1. The lowest BCUT2D eigenvalue weighted by atomic mass is 9.73. The van der Waals surface area contributed by atoms with Gasteiger partial charge >= 0.3 is 5.97 Å². The van der Waals surface area contributed by atoms with Crippen molar-refractivity contribution in [2.24, 2.45) is 21.8 Å². The highest BCUT2D eigenvalue weighted by molar-refractivity contribution is 5.87. The van der Waals surface area contributed by atoms with Crippen LogP contribution >= 0.6 is 0 Å². The van der Waals surface area contributed by atoms with Gasteiger partial charge in [0.05, 0.1) is 12.1 Å². The van der Waals surface area contributed by atoms with Crippen molar-refractivity contribution in [3.8, 4) is 0 Å². The van der Waals surface area contributed by atoms with Crippen LogP contribution in [0.3, 0.4) is 0 Å². The van der Waals surface area contributed by atoms with Crippen molar-refractivity contribution in [2.75, 3.05) is 0 Å². The van der Waals surface area contributed by atoms with Crippen molar-refractivity contribution < 1.29 is 19.1 Å². The number of nitrogens with zero attached hydrogens (tertiary/aromatic N) is 2. The first kappa shape index (κ1) is 19.3. The minimum Gasteiger partial charge on any atom is -0.458 e. The van der Waals surface area contributed by atoms with Crippen LogP contribution in [0.5, 0.6) is 0 Å². The zero-order valence-electron chi connectivity index (χ0n) is 14.8. The first-order chi connectivity index (χ1) is 12.0.